The molecule has 0 saturated carbocycles. The average Bonchev–Trinajstić information content (AvgIpc) is 2.57. The monoisotopic (exact) mass is 399 g/mol. The van der Waals surface area contributed by atoms with E-state index in [1.807, 2.05) is 6.07 Å². The van der Waals surface area contributed by atoms with Gasteiger partial charge in [-0.1, -0.05) is 11.6 Å². The van der Waals surface area contributed by atoms with Gasteiger partial charge in [0.2, 0.25) is 6.17 Å². The number of hydrogen-bond acceptors (Lipinski definition) is 4. The Bertz CT molecular complexity index is 860. The molecular weight excluding hydrogens is 383 g/mol. The first-order valence-corrected chi connectivity index (χ1v) is 8.65. The van der Waals surface area contributed by atoms with Crippen molar-refractivity contribution in [2.75, 3.05) is 11.9 Å². The summed E-state index contributed by atoms with van der Waals surface area (Å²) >= 11 is 5.93. The van der Waals surface area contributed by atoms with Crippen molar-refractivity contribution in [1.82, 2.24) is 0 Å². The second kappa shape index (κ2) is 6.73. The lowest BCUT2D eigenvalue weighted by atomic mass is 9.65. The molecule has 1 N–H and O–H groups in total. The Hall–Kier alpha value is -2.24. The van der Waals surface area contributed by atoms with E-state index in [0.29, 0.717) is 4.74 Å². The predicted molar refractivity (Wildman–Crippen MR) is 94.5 cm³/mol. The Balaban J connectivity index is 2.31. The van der Waals surface area contributed by atoms with Gasteiger partial charge in [-0.25, -0.2) is 0 Å². The van der Waals surface area contributed by atoms with Crippen LogP contribution in [0.5, 0.6) is 0 Å². The molecule has 1 aromatic carbocycles. The zero-order valence-electron chi connectivity index (χ0n) is 14.5. The van der Waals surface area contributed by atoms with Gasteiger partial charge in [0.25, 0.3) is 0 Å². The highest BCUT2D eigenvalue weighted by atomic mass is 35.5. The largest absolute Gasteiger partial charge is 0.622 e. The number of nitriles is 1. The molecular formula is C18H17ClF3N3O2. The first-order chi connectivity index (χ1) is 12.6. The number of allylic oxidation sites excluding steroid dienone is 1. The third-order valence-electron chi connectivity index (χ3n) is 4.86. The number of alkyl halides is 3. The first-order valence-electron chi connectivity index (χ1n) is 8.27. The van der Waals surface area contributed by atoms with Crippen LogP contribution in [0.2, 0.25) is 0 Å². The summed E-state index contributed by atoms with van der Waals surface area (Å²) in [7, 11) is 0. The normalized spacial score (nSPS) is 27.0. The SMILES string of the molecule is CC(C)OCC1(C(F)(F)F)c2cc(C#N)ccc2NC2C1C=C(Cl)C=[N+]2[O-]. The first kappa shape index (κ1) is 19.5. The number of benzene rings is 1. The van der Waals surface area contributed by atoms with Crippen molar-refractivity contribution in [2.45, 2.75) is 37.7 Å². The van der Waals surface area contributed by atoms with E-state index in [9.17, 15) is 18.4 Å². The van der Waals surface area contributed by atoms with Crippen molar-refractivity contribution < 1.29 is 22.6 Å². The maximum Gasteiger partial charge on any atom is 0.401 e. The van der Waals surface area contributed by atoms with E-state index in [0.717, 1.165) is 6.21 Å². The summed E-state index contributed by atoms with van der Waals surface area (Å²) in [6.07, 6.45) is -4.16. The Morgan fingerprint density at radius 3 is 2.74 bits per heavy atom. The summed E-state index contributed by atoms with van der Waals surface area (Å²) in [4.78, 5) is 0. The fraction of sp³-hybridized carbons (Fsp3) is 0.444. The molecule has 3 atom stereocenters. The molecule has 0 amide bonds. The standard InChI is InChI=1S/C18H17ClF3N3O2/c1-10(2)27-9-17(18(20,21)22)13-5-11(7-23)3-4-15(13)24-16-14(17)6-12(19)8-25(16)26/h3-6,8,10,14,16,24H,9H2,1-2H3. The van der Waals surface area contributed by atoms with Gasteiger partial charge < -0.3 is 15.3 Å². The second-order valence-electron chi connectivity index (χ2n) is 6.86. The molecule has 3 rings (SSSR count). The van der Waals surface area contributed by atoms with E-state index < -0.39 is 36.4 Å². The van der Waals surface area contributed by atoms with Crippen molar-refractivity contribution in [3.05, 3.63) is 45.6 Å². The summed E-state index contributed by atoms with van der Waals surface area (Å²) in [6, 6.07) is 5.85. The number of ether oxygens (including phenoxy) is 1. The maximum atomic E-state index is 14.6. The molecule has 27 heavy (non-hydrogen) atoms. The molecule has 144 valence electrons. The molecule has 0 radical (unpaired) electrons. The number of nitrogens with one attached hydrogen (secondary N) is 1. The van der Waals surface area contributed by atoms with E-state index in [1.165, 1.54) is 24.3 Å². The summed E-state index contributed by atoms with van der Waals surface area (Å²) in [5.41, 5.74) is -2.44. The van der Waals surface area contributed by atoms with E-state index in [2.05, 4.69) is 5.32 Å². The molecule has 0 bridgehead atoms. The minimum Gasteiger partial charge on any atom is -0.622 e. The highest BCUT2D eigenvalue weighted by Gasteiger charge is 2.67. The van der Waals surface area contributed by atoms with Crippen molar-refractivity contribution >= 4 is 23.5 Å². The van der Waals surface area contributed by atoms with Gasteiger partial charge in [0.15, 0.2) is 6.21 Å². The van der Waals surface area contributed by atoms with Crippen LogP contribution in [0.25, 0.3) is 0 Å². The van der Waals surface area contributed by atoms with Crippen LogP contribution in [-0.4, -0.2) is 36.0 Å². The summed E-state index contributed by atoms with van der Waals surface area (Å²) < 4.78 is 49.6. The van der Waals surface area contributed by atoms with E-state index in [4.69, 9.17) is 21.6 Å². The number of fused-ring (bicyclic) bond motifs is 2. The lowest BCUT2D eigenvalue weighted by molar-refractivity contribution is -0.505. The Morgan fingerprint density at radius 1 is 1.44 bits per heavy atom. The summed E-state index contributed by atoms with van der Waals surface area (Å²) in [5.74, 6) is -1.34. The van der Waals surface area contributed by atoms with Crippen LogP contribution in [0.1, 0.15) is 25.0 Å². The molecule has 0 spiro atoms. The van der Waals surface area contributed by atoms with Gasteiger partial charge in [0, 0.05) is 5.69 Å². The van der Waals surface area contributed by atoms with Gasteiger partial charge in [-0.05, 0) is 43.7 Å². The number of hydroxylamine groups is 1. The van der Waals surface area contributed by atoms with Gasteiger partial charge in [0.05, 0.1) is 30.3 Å². The van der Waals surface area contributed by atoms with Crippen molar-refractivity contribution in [3.63, 3.8) is 0 Å². The van der Waals surface area contributed by atoms with Gasteiger partial charge in [0.1, 0.15) is 10.4 Å². The molecule has 2 aliphatic heterocycles. The van der Waals surface area contributed by atoms with Gasteiger partial charge in [-0.3, -0.25) is 0 Å². The number of anilines is 1. The zero-order valence-corrected chi connectivity index (χ0v) is 15.3. The molecule has 5 nitrogen and oxygen atoms in total. The van der Waals surface area contributed by atoms with Crippen LogP contribution in [0.4, 0.5) is 18.9 Å². The zero-order chi connectivity index (χ0) is 20.0. The predicted octanol–water partition coefficient (Wildman–Crippen LogP) is 3.87. The van der Waals surface area contributed by atoms with Crippen LogP contribution in [-0.2, 0) is 10.2 Å². The number of halogens is 4. The molecule has 2 heterocycles. The molecule has 0 aliphatic carbocycles. The van der Waals surface area contributed by atoms with E-state index in [1.54, 1.807) is 13.8 Å². The fourth-order valence-corrected chi connectivity index (χ4v) is 3.81. The maximum absolute atomic E-state index is 14.6. The lowest BCUT2D eigenvalue weighted by Gasteiger charge is -2.48. The Kier molecular flexibility index (Phi) is 4.87. The van der Waals surface area contributed by atoms with Crippen LogP contribution >= 0.6 is 11.6 Å². The van der Waals surface area contributed by atoms with Crippen molar-refractivity contribution in [2.24, 2.45) is 5.92 Å². The minimum atomic E-state index is -4.76. The van der Waals surface area contributed by atoms with E-state index in [-0.39, 0.29) is 21.8 Å². The van der Waals surface area contributed by atoms with Gasteiger partial charge in [-0.2, -0.15) is 23.2 Å². The summed E-state index contributed by atoms with van der Waals surface area (Å²) in [5, 5.41) is 24.3. The highest BCUT2D eigenvalue weighted by molar-refractivity contribution is 6.38. The fourth-order valence-electron chi connectivity index (χ4n) is 3.57. The Morgan fingerprint density at radius 2 is 2.15 bits per heavy atom. The molecule has 9 heteroatoms. The molecule has 1 aromatic rings. The number of rotatable bonds is 3. The highest BCUT2D eigenvalue weighted by Crippen LogP contribution is 2.55. The topological polar surface area (TPSA) is 71.1 Å². The third-order valence-corrected chi connectivity index (χ3v) is 5.08. The molecule has 0 fully saturated rings. The van der Waals surface area contributed by atoms with E-state index >= 15 is 0 Å². The van der Waals surface area contributed by atoms with Crippen LogP contribution < -0.4 is 5.32 Å². The average molecular weight is 400 g/mol. The summed E-state index contributed by atoms with van der Waals surface area (Å²) in [6.45, 7) is 2.56. The lowest BCUT2D eigenvalue weighted by Crippen LogP contribution is -2.62. The smallest absolute Gasteiger partial charge is 0.401 e. The van der Waals surface area contributed by atoms with Crippen LogP contribution in [0.15, 0.2) is 29.3 Å². The molecule has 2 aliphatic rings. The van der Waals surface area contributed by atoms with Crippen molar-refractivity contribution in [3.8, 4) is 6.07 Å². The molecule has 0 aromatic heterocycles. The van der Waals surface area contributed by atoms with Gasteiger partial charge >= 0.3 is 6.18 Å². The number of hydrogen-bond donors (Lipinski definition) is 1. The van der Waals surface area contributed by atoms with Crippen molar-refractivity contribution in [1.29, 1.82) is 5.26 Å². The Labute approximate surface area is 159 Å². The quantitative estimate of drug-likeness (QED) is 0.618. The second-order valence-corrected chi connectivity index (χ2v) is 7.29. The minimum absolute atomic E-state index is 0.0777. The molecule has 0 saturated heterocycles. The van der Waals surface area contributed by atoms with Crippen LogP contribution in [0.3, 0.4) is 0 Å². The number of nitrogens with zero attached hydrogens (tertiary/aromatic N) is 2. The third kappa shape index (κ3) is 3.15. The molecule has 3 unspecified atom stereocenters. The van der Waals surface area contributed by atoms with Crippen LogP contribution in [0, 0.1) is 22.5 Å². The van der Waals surface area contributed by atoms with Gasteiger partial charge in [-0.15, -0.1) is 0 Å².